The minimum Gasteiger partial charge on any atom is -0.357 e. The van der Waals surface area contributed by atoms with Gasteiger partial charge in [-0.25, -0.2) is 5.01 Å². The zero-order chi connectivity index (χ0) is 21.7. The van der Waals surface area contributed by atoms with Gasteiger partial charge in [-0.3, -0.25) is 19.7 Å². The number of nitro benzene ring substituents is 1. The molecule has 9 nitrogen and oxygen atoms in total. The van der Waals surface area contributed by atoms with E-state index in [2.05, 4.69) is 10.1 Å². The van der Waals surface area contributed by atoms with Crippen molar-refractivity contribution in [3.63, 3.8) is 0 Å². The number of nitrogens with one attached hydrogen (secondary N) is 1. The lowest BCUT2D eigenvalue weighted by Gasteiger charge is -2.40. The van der Waals surface area contributed by atoms with Crippen LogP contribution in [0, 0.1) is 10.1 Å². The van der Waals surface area contributed by atoms with Gasteiger partial charge in [0.25, 0.3) is 11.6 Å². The number of nitrogens with zero attached hydrogens (tertiary/aromatic N) is 4. The Morgan fingerprint density at radius 2 is 2.00 bits per heavy atom. The number of halogens is 1. The lowest BCUT2D eigenvalue weighted by molar-refractivity contribution is -0.384. The number of hydrogen-bond donors (Lipinski definition) is 1. The van der Waals surface area contributed by atoms with Gasteiger partial charge in [0.1, 0.15) is 12.6 Å². The van der Waals surface area contributed by atoms with Crippen molar-refractivity contribution in [2.24, 2.45) is 5.10 Å². The predicted molar refractivity (Wildman–Crippen MR) is 114 cm³/mol. The van der Waals surface area contributed by atoms with Crippen LogP contribution in [-0.2, 0) is 22.6 Å². The van der Waals surface area contributed by atoms with E-state index in [1.165, 1.54) is 24.4 Å². The molecule has 0 aliphatic carbocycles. The molecule has 0 radical (unpaired) electrons. The number of hydrogen-bond acceptors (Lipinski definition) is 5. The van der Waals surface area contributed by atoms with Gasteiger partial charge < -0.3 is 9.88 Å². The summed E-state index contributed by atoms with van der Waals surface area (Å²) >= 11 is 6.10. The predicted octanol–water partition coefficient (Wildman–Crippen LogP) is 2.86. The Balaban J connectivity index is 1.44. The van der Waals surface area contributed by atoms with Crippen molar-refractivity contribution in [2.45, 2.75) is 19.0 Å². The van der Waals surface area contributed by atoms with E-state index in [0.29, 0.717) is 18.5 Å². The van der Waals surface area contributed by atoms with E-state index >= 15 is 0 Å². The van der Waals surface area contributed by atoms with Crippen molar-refractivity contribution >= 4 is 46.2 Å². The molecule has 0 unspecified atom stereocenters. The van der Waals surface area contributed by atoms with Crippen LogP contribution in [0.15, 0.2) is 47.6 Å². The second kappa shape index (κ2) is 7.21. The number of amides is 2. The number of rotatable bonds is 3. The molecule has 0 spiro atoms. The summed E-state index contributed by atoms with van der Waals surface area (Å²) in [4.78, 5) is 41.3. The minimum absolute atomic E-state index is 0.141. The van der Waals surface area contributed by atoms with Crippen molar-refractivity contribution in [2.75, 3.05) is 6.54 Å². The van der Waals surface area contributed by atoms with Crippen LogP contribution < -0.4 is 0 Å². The van der Waals surface area contributed by atoms with E-state index in [1.54, 1.807) is 4.90 Å². The molecule has 3 heterocycles. The summed E-state index contributed by atoms with van der Waals surface area (Å²) in [6.45, 7) is 0.140. The van der Waals surface area contributed by atoms with Gasteiger partial charge in [-0.2, -0.15) is 5.10 Å². The fourth-order valence-corrected chi connectivity index (χ4v) is 4.30. The standard InChI is InChI=1S/C21H16ClN5O4/c22-16-6-5-13(27(30)31)7-12(16)9-23-26-11-20(28)25-10-18-15(8-19(25)21(26)29)14-3-1-2-4-17(14)24-18/h1-7,9,19,24H,8,10-11H2/t19-/m1/s1. The van der Waals surface area contributed by atoms with Crippen LogP contribution in [0.4, 0.5) is 5.69 Å². The summed E-state index contributed by atoms with van der Waals surface area (Å²) in [6.07, 6.45) is 1.67. The lowest BCUT2D eigenvalue weighted by atomic mass is 9.94. The molecule has 2 aromatic carbocycles. The maximum absolute atomic E-state index is 13.1. The van der Waals surface area contributed by atoms with Crippen LogP contribution in [0.5, 0.6) is 0 Å². The molecule has 1 saturated heterocycles. The van der Waals surface area contributed by atoms with E-state index < -0.39 is 11.0 Å². The topological polar surface area (TPSA) is 112 Å². The largest absolute Gasteiger partial charge is 0.357 e. The van der Waals surface area contributed by atoms with Gasteiger partial charge in [0.05, 0.1) is 17.7 Å². The molecule has 2 aliphatic heterocycles. The maximum atomic E-state index is 13.1. The van der Waals surface area contributed by atoms with Crippen LogP contribution in [0.2, 0.25) is 5.02 Å². The molecule has 1 fully saturated rings. The van der Waals surface area contributed by atoms with E-state index in [0.717, 1.165) is 27.2 Å². The lowest BCUT2D eigenvalue weighted by Crippen LogP contribution is -2.60. The first-order valence-corrected chi connectivity index (χ1v) is 9.97. The van der Waals surface area contributed by atoms with Crippen LogP contribution in [0.3, 0.4) is 0 Å². The number of hydrazone groups is 1. The fraction of sp³-hybridized carbons (Fsp3) is 0.190. The molecular weight excluding hydrogens is 422 g/mol. The highest BCUT2D eigenvalue weighted by atomic mass is 35.5. The average molecular weight is 438 g/mol. The van der Waals surface area contributed by atoms with E-state index in [-0.39, 0.29) is 29.1 Å². The summed E-state index contributed by atoms with van der Waals surface area (Å²) in [6, 6.07) is 11.1. The number of non-ortho nitro benzene ring substituents is 1. The maximum Gasteiger partial charge on any atom is 0.270 e. The summed E-state index contributed by atoms with van der Waals surface area (Å²) < 4.78 is 0. The molecule has 0 saturated carbocycles. The molecule has 0 bridgehead atoms. The first kappa shape index (κ1) is 19.3. The van der Waals surface area contributed by atoms with Crippen LogP contribution in [0.25, 0.3) is 10.9 Å². The van der Waals surface area contributed by atoms with Gasteiger partial charge in [0.2, 0.25) is 5.91 Å². The third kappa shape index (κ3) is 3.23. The number of piperazine rings is 1. The number of benzene rings is 2. The molecule has 3 aromatic rings. The van der Waals surface area contributed by atoms with Crippen LogP contribution >= 0.6 is 11.6 Å². The summed E-state index contributed by atoms with van der Waals surface area (Å²) in [5.74, 6) is -0.510. The van der Waals surface area contributed by atoms with Gasteiger partial charge in [0.15, 0.2) is 0 Å². The summed E-state index contributed by atoms with van der Waals surface area (Å²) in [5.41, 5.74) is 3.10. The number of H-pyrrole nitrogens is 1. The van der Waals surface area contributed by atoms with Gasteiger partial charge >= 0.3 is 0 Å². The molecule has 156 valence electrons. The van der Waals surface area contributed by atoms with Gasteiger partial charge in [-0.15, -0.1) is 0 Å². The van der Waals surface area contributed by atoms with Gasteiger partial charge in [-0.1, -0.05) is 29.8 Å². The molecule has 31 heavy (non-hydrogen) atoms. The normalized spacial score (nSPS) is 18.5. The van der Waals surface area contributed by atoms with Crippen molar-refractivity contribution in [1.82, 2.24) is 14.9 Å². The highest BCUT2D eigenvalue weighted by Crippen LogP contribution is 2.32. The smallest absolute Gasteiger partial charge is 0.270 e. The molecule has 2 amide bonds. The zero-order valence-corrected chi connectivity index (χ0v) is 16.9. The Kier molecular flexibility index (Phi) is 4.48. The van der Waals surface area contributed by atoms with E-state index in [4.69, 9.17) is 11.6 Å². The third-order valence-corrected chi connectivity index (χ3v) is 6.02. The highest BCUT2D eigenvalue weighted by molar-refractivity contribution is 6.33. The molecule has 10 heteroatoms. The fourth-order valence-electron chi connectivity index (χ4n) is 4.13. The zero-order valence-electron chi connectivity index (χ0n) is 16.1. The SMILES string of the molecule is O=C1[C@H]2Cc3c([nH]c4ccccc34)CN2C(=O)CN1N=Cc1cc([N+](=O)[O-])ccc1Cl. The number of carbonyl (C=O) groups excluding carboxylic acids is 2. The molecule has 5 rings (SSSR count). The van der Waals surface area contributed by atoms with Gasteiger partial charge in [0, 0.05) is 45.7 Å². The average Bonchev–Trinajstić information content (AvgIpc) is 3.12. The Hall–Kier alpha value is -3.72. The molecule has 1 atom stereocenters. The Bertz CT molecular complexity index is 1280. The van der Waals surface area contributed by atoms with Gasteiger partial charge in [-0.05, 0) is 17.7 Å². The molecule has 2 aliphatic rings. The number of aromatic nitrogens is 1. The summed E-state index contributed by atoms with van der Waals surface area (Å²) in [5, 5.41) is 17.5. The third-order valence-electron chi connectivity index (χ3n) is 5.68. The number of aromatic amines is 1. The second-order valence-electron chi connectivity index (χ2n) is 7.47. The second-order valence-corrected chi connectivity index (χ2v) is 7.88. The monoisotopic (exact) mass is 437 g/mol. The Labute approximate surface area is 181 Å². The van der Waals surface area contributed by atoms with E-state index in [1.807, 2.05) is 24.3 Å². The number of nitro groups is 1. The molecule has 1 aromatic heterocycles. The van der Waals surface area contributed by atoms with Crippen molar-refractivity contribution < 1.29 is 14.5 Å². The Morgan fingerprint density at radius 1 is 1.19 bits per heavy atom. The number of fused-ring (bicyclic) bond motifs is 4. The Morgan fingerprint density at radius 3 is 2.81 bits per heavy atom. The van der Waals surface area contributed by atoms with Crippen LogP contribution in [0.1, 0.15) is 16.8 Å². The first-order chi connectivity index (χ1) is 14.9. The van der Waals surface area contributed by atoms with Crippen molar-refractivity contribution in [3.8, 4) is 0 Å². The molecule has 1 N–H and O–H groups in total. The van der Waals surface area contributed by atoms with Crippen molar-refractivity contribution in [3.05, 3.63) is 74.4 Å². The summed E-state index contributed by atoms with van der Waals surface area (Å²) in [7, 11) is 0. The first-order valence-electron chi connectivity index (χ1n) is 9.59. The minimum atomic E-state index is -0.648. The van der Waals surface area contributed by atoms with Crippen molar-refractivity contribution in [1.29, 1.82) is 0 Å². The molecular formula is C21H16ClN5O4. The quantitative estimate of drug-likeness (QED) is 0.385. The number of carbonyl (C=O) groups is 2. The van der Waals surface area contributed by atoms with E-state index in [9.17, 15) is 19.7 Å². The highest BCUT2D eigenvalue weighted by Gasteiger charge is 2.43. The van der Waals surface area contributed by atoms with Crippen LogP contribution in [-0.4, -0.2) is 50.4 Å². The number of para-hydroxylation sites is 1.